The monoisotopic (exact) mass is 194 g/mol. The lowest BCUT2D eigenvalue weighted by molar-refractivity contribution is -0.0287. The third-order valence-electron chi connectivity index (χ3n) is 2.67. The number of halogens is 2. The van der Waals surface area contributed by atoms with Crippen molar-refractivity contribution in [1.82, 2.24) is 0 Å². The van der Waals surface area contributed by atoms with Crippen LogP contribution in [0.5, 0.6) is 0 Å². The van der Waals surface area contributed by atoms with E-state index in [-0.39, 0.29) is 6.10 Å². The van der Waals surface area contributed by atoms with E-state index in [2.05, 4.69) is 6.92 Å². The molecule has 0 aromatic heterocycles. The molecule has 1 rings (SSSR count). The Hall–Kier alpha value is -0.180. The molecule has 0 saturated heterocycles. The Bertz CT molecular complexity index is 101. The predicted octanol–water partition coefficient (Wildman–Crippen LogP) is 3.48. The average Bonchev–Trinajstić information content (AvgIpc) is 2.23. The number of hydrogen-bond donors (Lipinski definition) is 0. The Labute approximate surface area is 79.5 Å². The van der Waals surface area contributed by atoms with Gasteiger partial charge in [-0.1, -0.05) is 13.3 Å². The van der Waals surface area contributed by atoms with Gasteiger partial charge in [0.1, 0.15) is 0 Å². The van der Waals surface area contributed by atoms with E-state index < -0.39 is 6.86 Å². The molecule has 1 aliphatic rings. The fraction of sp³-hybridized carbons (Fsp3) is 1.00. The van der Waals surface area contributed by atoms with Crippen molar-refractivity contribution >= 4 is 0 Å². The van der Waals surface area contributed by atoms with Crippen molar-refractivity contribution in [3.05, 3.63) is 0 Å². The lowest BCUT2D eigenvalue weighted by Crippen LogP contribution is -2.20. The molecule has 1 nitrogen and oxygen atoms in total. The summed E-state index contributed by atoms with van der Waals surface area (Å²) in [6, 6.07) is 0. The van der Waals surface area contributed by atoms with Crippen molar-refractivity contribution in [3.63, 3.8) is 0 Å². The van der Waals surface area contributed by atoms with Crippen molar-refractivity contribution in [2.75, 3.05) is 14.0 Å². The van der Waals surface area contributed by atoms with Crippen molar-refractivity contribution in [1.29, 1.82) is 0 Å². The second kappa shape index (κ2) is 8.42. The largest absolute Gasteiger partial charge is 0.347 e. The van der Waals surface area contributed by atoms with Crippen LogP contribution >= 0.6 is 0 Å². The average molecular weight is 194 g/mol. The van der Waals surface area contributed by atoms with Gasteiger partial charge in [0.25, 0.3) is 0 Å². The van der Waals surface area contributed by atoms with Gasteiger partial charge in [-0.3, -0.25) is 4.39 Å². The summed E-state index contributed by atoms with van der Waals surface area (Å²) >= 11 is 0. The highest BCUT2D eigenvalue weighted by atomic mass is 19.1. The van der Waals surface area contributed by atoms with Crippen molar-refractivity contribution < 1.29 is 13.5 Å². The fourth-order valence-corrected chi connectivity index (χ4v) is 1.80. The van der Waals surface area contributed by atoms with E-state index in [1.807, 2.05) is 0 Å². The van der Waals surface area contributed by atoms with E-state index in [0.29, 0.717) is 7.18 Å². The third kappa shape index (κ3) is 5.19. The Kier molecular flexibility index (Phi) is 8.30. The van der Waals surface area contributed by atoms with Crippen LogP contribution in [0, 0.1) is 5.92 Å². The molecule has 0 heterocycles. The van der Waals surface area contributed by atoms with Crippen LogP contribution in [0.1, 0.15) is 39.0 Å². The standard InChI is InChI=1S/C9H17FO.CH3F/c1-2-8-3-5-9(6-4-8)11-7-10;1-2/h8-9H,2-7H2,1H3;1H3. The molecule has 1 fully saturated rings. The number of ether oxygens (including phenoxy) is 1. The van der Waals surface area contributed by atoms with Crippen LogP contribution in [0.15, 0.2) is 0 Å². The van der Waals surface area contributed by atoms with Crippen molar-refractivity contribution in [2.24, 2.45) is 5.92 Å². The summed E-state index contributed by atoms with van der Waals surface area (Å²) in [6.45, 7) is 1.61. The zero-order valence-electron chi connectivity index (χ0n) is 8.56. The van der Waals surface area contributed by atoms with Crippen molar-refractivity contribution in [2.45, 2.75) is 45.1 Å². The molecule has 0 radical (unpaired) electrons. The highest BCUT2D eigenvalue weighted by Gasteiger charge is 2.19. The maximum atomic E-state index is 11.7. The summed E-state index contributed by atoms with van der Waals surface area (Å²) in [5, 5.41) is 0. The topological polar surface area (TPSA) is 9.23 Å². The first-order valence-corrected chi connectivity index (χ1v) is 4.92. The Morgan fingerprint density at radius 3 is 2.08 bits per heavy atom. The summed E-state index contributed by atoms with van der Waals surface area (Å²) in [5.74, 6) is 0.870. The van der Waals surface area contributed by atoms with Gasteiger partial charge in [-0.15, -0.1) is 0 Å². The fourth-order valence-electron chi connectivity index (χ4n) is 1.80. The molecule has 1 aliphatic carbocycles. The minimum absolute atomic E-state index is 0.211. The quantitative estimate of drug-likeness (QED) is 0.668. The summed E-state index contributed by atoms with van der Waals surface area (Å²) in [4.78, 5) is 0. The molecule has 0 amide bonds. The van der Waals surface area contributed by atoms with Crippen LogP contribution in [0.3, 0.4) is 0 Å². The Balaban J connectivity index is 0.000000671. The Morgan fingerprint density at radius 1 is 1.15 bits per heavy atom. The van der Waals surface area contributed by atoms with E-state index >= 15 is 0 Å². The minimum Gasteiger partial charge on any atom is -0.347 e. The van der Waals surface area contributed by atoms with Gasteiger partial charge in [-0.2, -0.15) is 0 Å². The zero-order chi connectivity index (χ0) is 10.1. The smallest absolute Gasteiger partial charge is 0.188 e. The lowest BCUT2D eigenvalue weighted by atomic mass is 9.86. The summed E-state index contributed by atoms with van der Waals surface area (Å²) in [7, 11) is 0.500. The van der Waals surface area contributed by atoms with Crippen LogP contribution < -0.4 is 0 Å². The molecule has 0 spiro atoms. The Morgan fingerprint density at radius 2 is 1.69 bits per heavy atom. The normalized spacial score (nSPS) is 27.7. The molecule has 0 aliphatic heterocycles. The predicted molar refractivity (Wildman–Crippen MR) is 50.1 cm³/mol. The van der Waals surface area contributed by atoms with Gasteiger partial charge < -0.3 is 4.74 Å². The van der Waals surface area contributed by atoms with Crippen molar-refractivity contribution in [3.8, 4) is 0 Å². The summed E-state index contributed by atoms with van der Waals surface area (Å²) in [5.41, 5.74) is 0. The molecule has 3 heteroatoms. The van der Waals surface area contributed by atoms with E-state index in [1.165, 1.54) is 19.3 Å². The molecule has 1 saturated carbocycles. The summed E-state index contributed by atoms with van der Waals surface area (Å²) in [6.07, 6.45) is 6.04. The highest BCUT2D eigenvalue weighted by Crippen LogP contribution is 2.27. The third-order valence-corrected chi connectivity index (χ3v) is 2.67. The van der Waals surface area contributed by atoms with E-state index in [0.717, 1.165) is 18.8 Å². The van der Waals surface area contributed by atoms with Gasteiger partial charge in [0.2, 0.25) is 0 Å². The van der Waals surface area contributed by atoms with Gasteiger partial charge in [-0.05, 0) is 31.6 Å². The minimum atomic E-state index is -0.610. The van der Waals surface area contributed by atoms with E-state index in [9.17, 15) is 8.78 Å². The molecule has 0 N–H and O–H groups in total. The first kappa shape index (κ1) is 12.8. The van der Waals surface area contributed by atoms with E-state index in [4.69, 9.17) is 4.74 Å². The molecule has 0 atom stereocenters. The van der Waals surface area contributed by atoms with Crippen LogP contribution in [-0.4, -0.2) is 20.1 Å². The van der Waals surface area contributed by atoms with Gasteiger partial charge in [-0.25, -0.2) is 4.39 Å². The van der Waals surface area contributed by atoms with Crippen LogP contribution in [0.4, 0.5) is 8.78 Å². The maximum Gasteiger partial charge on any atom is 0.188 e. The van der Waals surface area contributed by atoms with Gasteiger partial charge in [0, 0.05) is 0 Å². The van der Waals surface area contributed by atoms with Crippen LogP contribution in [0.2, 0.25) is 0 Å². The molecule has 0 unspecified atom stereocenters. The number of alkyl halides is 2. The summed E-state index contributed by atoms with van der Waals surface area (Å²) < 4.78 is 26.1. The second-order valence-corrected chi connectivity index (χ2v) is 3.33. The molecular formula is C10H20F2O. The van der Waals surface area contributed by atoms with Gasteiger partial charge >= 0.3 is 0 Å². The molecule has 13 heavy (non-hydrogen) atoms. The second-order valence-electron chi connectivity index (χ2n) is 3.33. The van der Waals surface area contributed by atoms with Gasteiger partial charge in [0.05, 0.1) is 13.3 Å². The van der Waals surface area contributed by atoms with Crippen LogP contribution in [-0.2, 0) is 4.74 Å². The SMILES string of the molecule is CCC1CCC(OCF)CC1.CF. The maximum absolute atomic E-state index is 11.7. The number of hydrogen-bond acceptors (Lipinski definition) is 1. The molecule has 0 bridgehead atoms. The van der Waals surface area contributed by atoms with Crippen LogP contribution in [0.25, 0.3) is 0 Å². The molecule has 0 aromatic carbocycles. The molecular weight excluding hydrogens is 174 g/mol. The first-order chi connectivity index (χ1) is 6.36. The first-order valence-electron chi connectivity index (χ1n) is 4.92. The molecule has 80 valence electrons. The van der Waals surface area contributed by atoms with E-state index in [1.54, 1.807) is 0 Å². The molecule has 0 aromatic rings. The zero-order valence-corrected chi connectivity index (χ0v) is 8.56. The number of rotatable bonds is 3. The van der Waals surface area contributed by atoms with Gasteiger partial charge in [0.15, 0.2) is 6.86 Å². The highest BCUT2D eigenvalue weighted by molar-refractivity contribution is 4.71. The lowest BCUT2D eigenvalue weighted by Gasteiger charge is -2.26.